The maximum Gasteiger partial charge on any atom is 0.344 e. The van der Waals surface area contributed by atoms with Crippen LogP contribution < -0.4 is 9.64 Å². The van der Waals surface area contributed by atoms with Crippen molar-refractivity contribution in [3.05, 3.63) is 53.7 Å². The SMILES string of the molecule is COc1ncc(N2CC(C)N(Cc3ccccc3)C(C)C2)cc1C(=O)OC(C)(C)C. The second-order valence-electron chi connectivity index (χ2n) is 9.01. The molecule has 0 aliphatic carbocycles. The largest absolute Gasteiger partial charge is 0.480 e. The predicted molar refractivity (Wildman–Crippen MR) is 119 cm³/mol. The molecule has 162 valence electrons. The summed E-state index contributed by atoms with van der Waals surface area (Å²) in [5.74, 6) is -0.130. The van der Waals surface area contributed by atoms with E-state index in [0.29, 0.717) is 17.6 Å². The number of esters is 1. The van der Waals surface area contributed by atoms with Gasteiger partial charge in [-0.3, -0.25) is 4.90 Å². The molecule has 2 aromatic rings. The van der Waals surface area contributed by atoms with E-state index < -0.39 is 11.6 Å². The molecular formula is C24H33N3O3. The first-order valence-corrected chi connectivity index (χ1v) is 10.5. The van der Waals surface area contributed by atoms with Crippen LogP contribution in [-0.4, -0.2) is 53.7 Å². The maximum absolute atomic E-state index is 12.7. The molecule has 1 aromatic carbocycles. The topological polar surface area (TPSA) is 54.9 Å². The second kappa shape index (κ2) is 9.04. The summed E-state index contributed by atoms with van der Waals surface area (Å²) in [4.78, 5) is 21.9. The highest BCUT2D eigenvalue weighted by Gasteiger charge is 2.31. The van der Waals surface area contributed by atoms with Crippen LogP contribution >= 0.6 is 0 Å². The van der Waals surface area contributed by atoms with E-state index in [2.05, 4.69) is 52.9 Å². The molecular weight excluding hydrogens is 378 g/mol. The Morgan fingerprint density at radius 3 is 2.33 bits per heavy atom. The highest BCUT2D eigenvalue weighted by molar-refractivity contribution is 5.93. The van der Waals surface area contributed by atoms with Gasteiger partial charge in [-0.25, -0.2) is 9.78 Å². The maximum atomic E-state index is 12.7. The molecule has 1 aromatic heterocycles. The third-order valence-corrected chi connectivity index (χ3v) is 5.32. The number of rotatable bonds is 5. The smallest absolute Gasteiger partial charge is 0.344 e. The first-order chi connectivity index (χ1) is 14.2. The molecule has 30 heavy (non-hydrogen) atoms. The molecule has 0 N–H and O–H groups in total. The van der Waals surface area contributed by atoms with Gasteiger partial charge in [-0.05, 0) is 46.2 Å². The molecule has 6 nitrogen and oxygen atoms in total. The second-order valence-corrected chi connectivity index (χ2v) is 9.01. The number of pyridine rings is 1. The third-order valence-electron chi connectivity index (χ3n) is 5.32. The van der Waals surface area contributed by atoms with Crippen molar-refractivity contribution in [2.45, 2.75) is 58.8 Å². The van der Waals surface area contributed by atoms with Gasteiger partial charge in [0, 0.05) is 31.7 Å². The van der Waals surface area contributed by atoms with Gasteiger partial charge in [0.25, 0.3) is 0 Å². The summed E-state index contributed by atoms with van der Waals surface area (Å²) < 4.78 is 10.9. The van der Waals surface area contributed by atoms with E-state index in [1.165, 1.54) is 12.7 Å². The molecule has 0 bridgehead atoms. The van der Waals surface area contributed by atoms with Crippen molar-refractivity contribution in [2.75, 3.05) is 25.1 Å². The minimum absolute atomic E-state index is 0.289. The molecule has 1 aliphatic rings. The minimum atomic E-state index is -0.579. The number of carbonyl (C=O) groups excluding carboxylic acids is 1. The van der Waals surface area contributed by atoms with Gasteiger partial charge in [0.15, 0.2) is 0 Å². The van der Waals surface area contributed by atoms with Crippen LogP contribution in [0.4, 0.5) is 5.69 Å². The lowest BCUT2D eigenvalue weighted by Gasteiger charge is -2.45. The van der Waals surface area contributed by atoms with Gasteiger partial charge >= 0.3 is 5.97 Å². The molecule has 1 saturated heterocycles. The average molecular weight is 412 g/mol. The summed E-state index contributed by atoms with van der Waals surface area (Å²) in [6.07, 6.45) is 1.78. The Labute approximate surface area is 179 Å². The predicted octanol–water partition coefficient (Wildman–Crippen LogP) is 4.14. The highest BCUT2D eigenvalue weighted by atomic mass is 16.6. The van der Waals surface area contributed by atoms with E-state index in [1.807, 2.05) is 32.9 Å². The Morgan fingerprint density at radius 2 is 1.77 bits per heavy atom. The van der Waals surface area contributed by atoms with Gasteiger partial charge in [0.05, 0.1) is 19.0 Å². The summed E-state index contributed by atoms with van der Waals surface area (Å²) >= 11 is 0. The number of benzene rings is 1. The van der Waals surface area contributed by atoms with Gasteiger partial charge in [-0.1, -0.05) is 30.3 Å². The van der Waals surface area contributed by atoms with Crippen molar-refractivity contribution in [1.29, 1.82) is 0 Å². The van der Waals surface area contributed by atoms with Crippen LogP contribution in [0.15, 0.2) is 42.6 Å². The fourth-order valence-electron chi connectivity index (χ4n) is 3.93. The summed E-state index contributed by atoms with van der Waals surface area (Å²) in [5.41, 5.74) is 2.01. The van der Waals surface area contributed by atoms with Crippen LogP contribution in [0.5, 0.6) is 5.88 Å². The number of hydrogen-bond donors (Lipinski definition) is 0. The van der Waals surface area contributed by atoms with Crippen LogP contribution in [-0.2, 0) is 11.3 Å². The van der Waals surface area contributed by atoms with Crippen molar-refractivity contribution in [1.82, 2.24) is 9.88 Å². The fraction of sp³-hybridized carbons (Fsp3) is 0.500. The zero-order chi connectivity index (χ0) is 21.9. The monoisotopic (exact) mass is 411 g/mol. The number of piperazine rings is 1. The van der Waals surface area contributed by atoms with E-state index in [1.54, 1.807) is 6.20 Å². The van der Waals surface area contributed by atoms with Crippen LogP contribution in [0.1, 0.15) is 50.5 Å². The summed E-state index contributed by atoms with van der Waals surface area (Å²) in [6, 6.07) is 13.1. The summed E-state index contributed by atoms with van der Waals surface area (Å²) in [5, 5.41) is 0. The van der Waals surface area contributed by atoms with Crippen LogP contribution in [0.3, 0.4) is 0 Å². The number of methoxy groups -OCH3 is 1. The zero-order valence-corrected chi connectivity index (χ0v) is 18.9. The lowest BCUT2D eigenvalue weighted by Crippen LogP contribution is -2.56. The van der Waals surface area contributed by atoms with Crippen molar-refractivity contribution >= 4 is 11.7 Å². The fourth-order valence-corrected chi connectivity index (χ4v) is 3.93. The first kappa shape index (κ1) is 22.1. The standard InChI is InChI=1S/C24H33N3O3/c1-17-14-26(15-18(2)27(17)16-19-10-8-7-9-11-19)20-12-21(22(29-6)25-13-20)23(28)30-24(3,4)5/h7-13,17-18H,14-16H2,1-6H3. The Kier molecular flexibility index (Phi) is 6.66. The van der Waals surface area contributed by atoms with Crippen molar-refractivity contribution in [3.63, 3.8) is 0 Å². The van der Waals surface area contributed by atoms with Crippen LogP contribution in [0, 0.1) is 0 Å². The van der Waals surface area contributed by atoms with Crippen LogP contribution in [0.2, 0.25) is 0 Å². The summed E-state index contributed by atoms with van der Waals surface area (Å²) in [7, 11) is 1.52. The summed E-state index contributed by atoms with van der Waals surface area (Å²) in [6.45, 7) is 12.7. The molecule has 2 atom stereocenters. The average Bonchev–Trinajstić information content (AvgIpc) is 2.69. The quantitative estimate of drug-likeness (QED) is 0.689. The van der Waals surface area contributed by atoms with Crippen molar-refractivity contribution < 1.29 is 14.3 Å². The number of ether oxygens (including phenoxy) is 2. The van der Waals surface area contributed by atoms with Gasteiger partial charge in [0.2, 0.25) is 5.88 Å². The zero-order valence-electron chi connectivity index (χ0n) is 18.9. The van der Waals surface area contributed by atoms with Gasteiger partial charge in [-0.2, -0.15) is 0 Å². The number of anilines is 1. The Bertz CT molecular complexity index is 852. The Morgan fingerprint density at radius 1 is 1.13 bits per heavy atom. The van der Waals surface area contributed by atoms with E-state index >= 15 is 0 Å². The first-order valence-electron chi connectivity index (χ1n) is 10.5. The molecule has 1 aliphatic heterocycles. The molecule has 0 radical (unpaired) electrons. The molecule has 6 heteroatoms. The number of nitrogens with zero attached hydrogens (tertiary/aromatic N) is 3. The molecule has 0 spiro atoms. The number of hydrogen-bond acceptors (Lipinski definition) is 6. The molecule has 3 rings (SSSR count). The van der Waals surface area contributed by atoms with Gasteiger partial charge in [-0.15, -0.1) is 0 Å². The van der Waals surface area contributed by atoms with E-state index in [0.717, 1.165) is 25.3 Å². The molecule has 2 unspecified atom stereocenters. The van der Waals surface area contributed by atoms with E-state index in [9.17, 15) is 4.79 Å². The molecule has 1 fully saturated rings. The van der Waals surface area contributed by atoms with Crippen molar-refractivity contribution in [2.24, 2.45) is 0 Å². The van der Waals surface area contributed by atoms with Crippen LogP contribution in [0.25, 0.3) is 0 Å². The third kappa shape index (κ3) is 5.30. The Balaban J connectivity index is 1.78. The molecule has 0 amide bonds. The van der Waals surface area contributed by atoms with Gasteiger partial charge < -0.3 is 14.4 Å². The van der Waals surface area contributed by atoms with Crippen molar-refractivity contribution in [3.8, 4) is 5.88 Å². The molecule has 2 heterocycles. The minimum Gasteiger partial charge on any atom is -0.480 e. The number of carbonyl (C=O) groups is 1. The lowest BCUT2D eigenvalue weighted by atomic mass is 10.0. The highest BCUT2D eigenvalue weighted by Crippen LogP contribution is 2.28. The normalized spacial score (nSPS) is 20.1. The lowest BCUT2D eigenvalue weighted by molar-refractivity contribution is 0.00657. The molecule has 0 saturated carbocycles. The van der Waals surface area contributed by atoms with E-state index in [4.69, 9.17) is 9.47 Å². The Hall–Kier alpha value is -2.60. The number of aromatic nitrogens is 1. The van der Waals surface area contributed by atoms with E-state index in [-0.39, 0.29) is 5.88 Å². The van der Waals surface area contributed by atoms with Gasteiger partial charge in [0.1, 0.15) is 11.2 Å².